The first-order valence-electron chi connectivity index (χ1n) is 10.3. The SMILES string of the molecule is Cc1ccc(CN2CCSCC2)cc1NC(=O)CCN1C(=O)COc2ccccc21. The minimum atomic E-state index is -0.126. The van der Waals surface area contributed by atoms with E-state index in [4.69, 9.17) is 4.74 Å². The van der Waals surface area contributed by atoms with E-state index in [2.05, 4.69) is 28.4 Å². The van der Waals surface area contributed by atoms with Gasteiger partial charge in [-0.1, -0.05) is 24.3 Å². The van der Waals surface area contributed by atoms with Crippen LogP contribution < -0.4 is 15.0 Å². The molecule has 0 bridgehead atoms. The molecule has 0 saturated carbocycles. The molecule has 2 aromatic carbocycles. The molecule has 0 spiro atoms. The molecular weight excluding hydrogens is 398 g/mol. The second kappa shape index (κ2) is 9.53. The van der Waals surface area contributed by atoms with Crippen LogP contribution in [0.4, 0.5) is 11.4 Å². The van der Waals surface area contributed by atoms with Crippen LogP contribution >= 0.6 is 11.8 Å². The Kier molecular flexibility index (Phi) is 6.59. The number of anilines is 2. The van der Waals surface area contributed by atoms with Gasteiger partial charge in [0.25, 0.3) is 5.91 Å². The third-order valence-corrected chi connectivity index (χ3v) is 6.40. The van der Waals surface area contributed by atoms with Gasteiger partial charge in [-0.3, -0.25) is 14.5 Å². The first-order chi connectivity index (χ1) is 14.6. The summed E-state index contributed by atoms with van der Waals surface area (Å²) in [6.45, 7) is 5.45. The summed E-state index contributed by atoms with van der Waals surface area (Å²) >= 11 is 2.00. The Morgan fingerprint density at radius 1 is 1.17 bits per heavy atom. The molecule has 0 unspecified atom stereocenters. The molecule has 7 heteroatoms. The van der Waals surface area contributed by atoms with Crippen LogP contribution in [0.2, 0.25) is 0 Å². The fraction of sp³-hybridized carbons (Fsp3) is 0.391. The van der Waals surface area contributed by atoms with Crippen LogP contribution in [-0.4, -0.2) is 54.5 Å². The molecule has 158 valence electrons. The third kappa shape index (κ3) is 4.96. The predicted molar refractivity (Wildman–Crippen MR) is 121 cm³/mol. The zero-order valence-electron chi connectivity index (χ0n) is 17.2. The molecule has 0 radical (unpaired) electrons. The second-order valence-corrected chi connectivity index (χ2v) is 8.86. The lowest BCUT2D eigenvalue weighted by Crippen LogP contribution is -2.40. The number of amides is 2. The molecule has 6 nitrogen and oxygen atoms in total. The molecule has 1 fully saturated rings. The molecule has 1 saturated heterocycles. The van der Waals surface area contributed by atoms with Crippen LogP contribution in [0.25, 0.3) is 0 Å². The Hall–Kier alpha value is -2.51. The van der Waals surface area contributed by atoms with Gasteiger partial charge in [-0.15, -0.1) is 0 Å². The van der Waals surface area contributed by atoms with Gasteiger partial charge in [-0.25, -0.2) is 0 Å². The summed E-state index contributed by atoms with van der Waals surface area (Å²) in [5.74, 6) is 2.82. The number of nitrogens with one attached hydrogen (secondary N) is 1. The average Bonchev–Trinajstić information content (AvgIpc) is 2.76. The van der Waals surface area contributed by atoms with Crippen molar-refractivity contribution in [2.45, 2.75) is 19.9 Å². The molecule has 4 rings (SSSR count). The molecule has 2 aromatic rings. The Bertz CT molecular complexity index is 928. The molecule has 1 N–H and O–H groups in total. The zero-order valence-corrected chi connectivity index (χ0v) is 18.0. The number of hydrogen-bond acceptors (Lipinski definition) is 5. The number of carbonyl (C=O) groups excluding carboxylic acids is 2. The standard InChI is InChI=1S/C23H27N3O3S/c1-17-6-7-18(15-25-10-12-30-13-11-25)14-19(17)24-22(27)8-9-26-20-4-2-3-5-21(20)29-16-23(26)28/h2-7,14H,8-13,15-16H2,1H3,(H,24,27). The van der Waals surface area contributed by atoms with Gasteiger partial charge in [0, 0.05) is 49.8 Å². The van der Waals surface area contributed by atoms with E-state index in [-0.39, 0.29) is 24.8 Å². The maximum atomic E-state index is 12.6. The Labute approximate surface area is 181 Å². The maximum Gasteiger partial charge on any atom is 0.265 e. The van der Waals surface area contributed by atoms with Gasteiger partial charge in [0.1, 0.15) is 5.75 Å². The third-order valence-electron chi connectivity index (χ3n) is 5.46. The van der Waals surface area contributed by atoms with E-state index in [0.717, 1.165) is 36.6 Å². The van der Waals surface area contributed by atoms with Crippen LogP contribution in [0.5, 0.6) is 5.75 Å². The van der Waals surface area contributed by atoms with E-state index in [9.17, 15) is 9.59 Å². The van der Waals surface area contributed by atoms with Crippen LogP contribution in [0.3, 0.4) is 0 Å². The summed E-state index contributed by atoms with van der Waals surface area (Å²) in [4.78, 5) is 29.0. The molecule has 2 amide bonds. The number of fused-ring (bicyclic) bond motifs is 1. The second-order valence-electron chi connectivity index (χ2n) is 7.64. The fourth-order valence-corrected chi connectivity index (χ4v) is 4.72. The molecule has 0 atom stereocenters. The van der Waals surface area contributed by atoms with Crippen molar-refractivity contribution in [2.24, 2.45) is 0 Å². The lowest BCUT2D eigenvalue weighted by atomic mass is 10.1. The highest BCUT2D eigenvalue weighted by molar-refractivity contribution is 7.99. The maximum absolute atomic E-state index is 12.6. The molecule has 0 aliphatic carbocycles. The summed E-state index contributed by atoms with van der Waals surface area (Å²) in [7, 11) is 0. The summed E-state index contributed by atoms with van der Waals surface area (Å²) in [5, 5.41) is 3.04. The van der Waals surface area contributed by atoms with Crippen molar-refractivity contribution in [3.63, 3.8) is 0 Å². The van der Waals surface area contributed by atoms with E-state index in [0.29, 0.717) is 12.3 Å². The van der Waals surface area contributed by atoms with Gasteiger partial charge < -0.3 is 15.0 Å². The number of ether oxygens (including phenoxy) is 1. The summed E-state index contributed by atoms with van der Waals surface area (Å²) in [6, 6.07) is 13.7. The monoisotopic (exact) mass is 425 g/mol. The molecule has 2 aliphatic rings. The van der Waals surface area contributed by atoms with Gasteiger partial charge in [0.15, 0.2) is 6.61 Å². The van der Waals surface area contributed by atoms with Crippen LogP contribution in [0, 0.1) is 6.92 Å². The summed E-state index contributed by atoms with van der Waals surface area (Å²) in [6.07, 6.45) is 0.229. The van der Waals surface area contributed by atoms with Crippen molar-refractivity contribution < 1.29 is 14.3 Å². The van der Waals surface area contributed by atoms with Crippen molar-refractivity contribution in [3.05, 3.63) is 53.6 Å². The van der Waals surface area contributed by atoms with Gasteiger partial charge in [0.05, 0.1) is 5.69 Å². The van der Waals surface area contributed by atoms with Gasteiger partial charge in [-0.05, 0) is 36.2 Å². The number of benzene rings is 2. The number of carbonyl (C=O) groups is 2. The van der Waals surface area contributed by atoms with Gasteiger partial charge >= 0.3 is 0 Å². The van der Waals surface area contributed by atoms with E-state index < -0.39 is 0 Å². The molecule has 0 aromatic heterocycles. The average molecular weight is 426 g/mol. The first-order valence-corrected chi connectivity index (χ1v) is 11.5. The number of hydrogen-bond donors (Lipinski definition) is 1. The van der Waals surface area contributed by atoms with E-state index in [1.165, 1.54) is 17.1 Å². The first kappa shape index (κ1) is 20.8. The van der Waals surface area contributed by atoms with Crippen molar-refractivity contribution >= 4 is 35.0 Å². The topological polar surface area (TPSA) is 61.9 Å². The largest absolute Gasteiger partial charge is 0.482 e. The van der Waals surface area contributed by atoms with Crippen molar-refractivity contribution in [1.29, 1.82) is 0 Å². The Balaban J connectivity index is 1.37. The van der Waals surface area contributed by atoms with Crippen molar-refractivity contribution in [1.82, 2.24) is 4.90 Å². The lowest BCUT2D eigenvalue weighted by molar-refractivity contribution is -0.121. The highest BCUT2D eigenvalue weighted by Gasteiger charge is 2.25. The van der Waals surface area contributed by atoms with Crippen LogP contribution in [0.15, 0.2) is 42.5 Å². The van der Waals surface area contributed by atoms with Crippen molar-refractivity contribution in [2.75, 3.05) is 48.0 Å². The lowest BCUT2D eigenvalue weighted by Gasteiger charge is -2.29. The van der Waals surface area contributed by atoms with Crippen LogP contribution in [-0.2, 0) is 16.1 Å². The van der Waals surface area contributed by atoms with E-state index >= 15 is 0 Å². The van der Waals surface area contributed by atoms with Gasteiger partial charge in [-0.2, -0.15) is 11.8 Å². The number of aryl methyl sites for hydroxylation is 1. The number of nitrogens with zero attached hydrogens (tertiary/aromatic N) is 2. The number of thioether (sulfide) groups is 1. The quantitative estimate of drug-likeness (QED) is 0.770. The minimum absolute atomic E-state index is 0.00872. The minimum Gasteiger partial charge on any atom is -0.482 e. The molecule has 2 heterocycles. The molecule has 30 heavy (non-hydrogen) atoms. The highest BCUT2D eigenvalue weighted by Crippen LogP contribution is 2.31. The van der Waals surface area contributed by atoms with Crippen LogP contribution in [0.1, 0.15) is 17.5 Å². The summed E-state index contributed by atoms with van der Waals surface area (Å²) < 4.78 is 5.46. The van der Waals surface area contributed by atoms with Crippen molar-refractivity contribution in [3.8, 4) is 5.75 Å². The number of para-hydroxylation sites is 2. The highest BCUT2D eigenvalue weighted by atomic mass is 32.2. The summed E-state index contributed by atoms with van der Waals surface area (Å²) in [5.41, 5.74) is 3.81. The van der Waals surface area contributed by atoms with E-state index in [1.54, 1.807) is 4.90 Å². The normalized spacial score (nSPS) is 16.7. The predicted octanol–water partition coefficient (Wildman–Crippen LogP) is 3.30. The molecule has 2 aliphatic heterocycles. The number of rotatable bonds is 6. The van der Waals surface area contributed by atoms with Gasteiger partial charge in [0.2, 0.25) is 5.91 Å². The Morgan fingerprint density at radius 3 is 2.80 bits per heavy atom. The molecular formula is C23H27N3O3S. The van der Waals surface area contributed by atoms with E-state index in [1.807, 2.05) is 43.0 Å². The zero-order chi connectivity index (χ0) is 20.9. The Morgan fingerprint density at radius 2 is 1.97 bits per heavy atom. The smallest absolute Gasteiger partial charge is 0.265 e. The fourth-order valence-electron chi connectivity index (χ4n) is 3.74.